The van der Waals surface area contributed by atoms with Gasteiger partial charge in [0.15, 0.2) is 0 Å². The Kier molecular flexibility index (Phi) is 6.16. The van der Waals surface area contributed by atoms with E-state index < -0.39 is 0 Å². The molecule has 2 heterocycles. The number of benzene rings is 2. The van der Waals surface area contributed by atoms with Gasteiger partial charge in [0, 0.05) is 56.4 Å². The number of piperazine rings is 1. The summed E-state index contributed by atoms with van der Waals surface area (Å²) in [5.41, 5.74) is 4.56. The summed E-state index contributed by atoms with van der Waals surface area (Å²) >= 11 is 0. The summed E-state index contributed by atoms with van der Waals surface area (Å²) in [5, 5.41) is 11.9. The molecule has 1 saturated heterocycles. The van der Waals surface area contributed by atoms with Gasteiger partial charge in [-0.15, -0.1) is 0 Å². The molecule has 5 fully saturated rings. The first kappa shape index (κ1) is 24.7. The average Bonchev–Trinajstić information content (AvgIpc) is 2.95. The number of rotatable bonds is 5. The topological polar surface area (TPSA) is 79.2 Å². The standard InChI is InChI=1S/C31H38N4O4/c36-30(39-21-31-17-22-13-23(18-31)15-24(14-22)19-31)33-11-9-32(10-12-33)27-5-6-28(35(37)38)29(16-27)34-8-7-25-3-1-2-4-26(25)20-34/h1-6,16,22-24H,7-15,17-21H2. The Hall–Kier alpha value is -3.29. The molecule has 0 N–H and O–H groups in total. The summed E-state index contributed by atoms with van der Waals surface area (Å²) in [4.78, 5) is 30.8. The lowest BCUT2D eigenvalue weighted by molar-refractivity contribution is -0.384. The van der Waals surface area contributed by atoms with Crippen LogP contribution in [0.25, 0.3) is 0 Å². The summed E-state index contributed by atoms with van der Waals surface area (Å²) in [5.74, 6) is 2.55. The smallest absolute Gasteiger partial charge is 0.409 e. The Labute approximate surface area is 230 Å². The van der Waals surface area contributed by atoms with Crippen molar-refractivity contribution < 1.29 is 14.5 Å². The van der Waals surface area contributed by atoms with Crippen LogP contribution in [0.1, 0.15) is 49.7 Å². The third-order valence-corrected chi connectivity index (χ3v) is 10.2. The molecule has 8 rings (SSSR count). The molecular formula is C31H38N4O4. The van der Waals surface area contributed by atoms with Crippen LogP contribution in [-0.2, 0) is 17.7 Å². The Morgan fingerprint density at radius 3 is 2.23 bits per heavy atom. The molecule has 4 bridgehead atoms. The predicted molar refractivity (Wildman–Crippen MR) is 150 cm³/mol. The number of carbonyl (C=O) groups is 1. The van der Waals surface area contributed by atoms with Gasteiger partial charge in [0.25, 0.3) is 5.69 Å². The maximum absolute atomic E-state index is 13.0. The number of hydrogen-bond donors (Lipinski definition) is 0. The van der Waals surface area contributed by atoms with Gasteiger partial charge in [-0.05, 0) is 86.0 Å². The maximum Gasteiger partial charge on any atom is 0.409 e. The second-order valence-corrected chi connectivity index (χ2v) is 12.8. The number of amides is 1. The van der Waals surface area contributed by atoms with Gasteiger partial charge in [0.1, 0.15) is 5.69 Å². The molecule has 206 valence electrons. The van der Waals surface area contributed by atoms with Crippen molar-refractivity contribution in [2.45, 2.75) is 51.5 Å². The summed E-state index contributed by atoms with van der Waals surface area (Å²) in [7, 11) is 0. The van der Waals surface area contributed by atoms with Crippen molar-refractivity contribution in [1.29, 1.82) is 0 Å². The molecule has 0 spiro atoms. The SMILES string of the molecule is O=C(OCC12CC3CC(CC(C3)C1)C2)N1CCN(c2ccc([N+](=O)[O-])c(N3CCc4ccccc4C3)c2)CC1. The normalized spacial score (nSPS) is 29.3. The lowest BCUT2D eigenvalue weighted by Crippen LogP contribution is -2.51. The minimum Gasteiger partial charge on any atom is -0.449 e. The van der Waals surface area contributed by atoms with Gasteiger partial charge >= 0.3 is 6.09 Å². The molecule has 2 aromatic carbocycles. The fourth-order valence-electron chi connectivity index (χ4n) is 8.74. The second-order valence-electron chi connectivity index (χ2n) is 12.8. The third kappa shape index (κ3) is 4.72. The van der Waals surface area contributed by atoms with Gasteiger partial charge in [-0.1, -0.05) is 24.3 Å². The molecule has 0 aromatic heterocycles. The van der Waals surface area contributed by atoms with Crippen LogP contribution in [0.2, 0.25) is 0 Å². The fraction of sp³-hybridized carbons (Fsp3) is 0.581. The van der Waals surface area contributed by atoms with Gasteiger partial charge in [-0.25, -0.2) is 4.79 Å². The molecule has 1 amide bonds. The van der Waals surface area contributed by atoms with E-state index in [1.54, 1.807) is 6.07 Å². The Morgan fingerprint density at radius 1 is 0.897 bits per heavy atom. The van der Waals surface area contributed by atoms with Crippen molar-refractivity contribution in [3.63, 3.8) is 0 Å². The highest BCUT2D eigenvalue weighted by molar-refractivity contribution is 5.72. The van der Waals surface area contributed by atoms with Crippen molar-refractivity contribution in [2.75, 3.05) is 49.1 Å². The van der Waals surface area contributed by atoms with Crippen molar-refractivity contribution in [3.8, 4) is 0 Å². The zero-order valence-electron chi connectivity index (χ0n) is 22.6. The first-order valence-electron chi connectivity index (χ1n) is 14.7. The van der Waals surface area contributed by atoms with Crippen LogP contribution < -0.4 is 9.80 Å². The fourth-order valence-corrected chi connectivity index (χ4v) is 8.74. The van der Waals surface area contributed by atoms with E-state index in [2.05, 4.69) is 28.0 Å². The van der Waals surface area contributed by atoms with Crippen LogP contribution in [0.4, 0.5) is 21.9 Å². The molecule has 8 heteroatoms. The van der Waals surface area contributed by atoms with E-state index in [9.17, 15) is 14.9 Å². The lowest BCUT2D eigenvalue weighted by atomic mass is 9.50. The molecular weight excluding hydrogens is 492 g/mol. The van der Waals surface area contributed by atoms with E-state index in [4.69, 9.17) is 4.74 Å². The van der Waals surface area contributed by atoms with E-state index in [0.717, 1.165) is 36.4 Å². The molecule has 2 aromatic rings. The van der Waals surface area contributed by atoms with Crippen LogP contribution in [-0.4, -0.2) is 55.2 Å². The highest BCUT2D eigenvalue weighted by Crippen LogP contribution is 2.60. The molecule has 0 unspecified atom stereocenters. The minimum atomic E-state index is -0.280. The van der Waals surface area contributed by atoms with Crippen LogP contribution in [0.3, 0.4) is 0 Å². The summed E-state index contributed by atoms with van der Waals surface area (Å²) in [6.45, 7) is 4.58. The first-order valence-corrected chi connectivity index (χ1v) is 14.7. The quantitative estimate of drug-likeness (QED) is 0.368. The van der Waals surface area contributed by atoms with Gasteiger partial charge in [0.2, 0.25) is 0 Å². The van der Waals surface area contributed by atoms with Crippen LogP contribution >= 0.6 is 0 Å². The third-order valence-electron chi connectivity index (χ3n) is 10.2. The van der Waals surface area contributed by atoms with Crippen LogP contribution in [0.15, 0.2) is 42.5 Å². The van der Waals surface area contributed by atoms with Crippen molar-refractivity contribution in [3.05, 3.63) is 63.7 Å². The molecule has 4 saturated carbocycles. The number of fused-ring (bicyclic) bond motifs is 1. The number of anilines is 2. The Morgan fingerprint density at radius 2 is 1.56 bits per heavy atom. The van der Waals surface area contributed by atoms with Crippen molar-refractivity contribution in [1.82, 2.24) is 4.90 Å². The van der Waals surface area contributed by atoms with E-state index in [-0.39, 0.29) is 22.1 Å². The van der Waals surface area contributed by atoms with Gasteiger partial charge in [-0.3, -0.25) is 10.1 Å². The van der Waals surface area contributed by atoms with Crippen molar-refractivity contribution in [2.24, 2.45) is 23.2 Å². The highest BCUT2D eigenvalue weighted by atomic mass is 16.6. The first-order chi connectivity index (χ1) is 18.9. The molecule has 6 aliphatic rings. The summed E-state index contributed by atoms with van der Waals surface area (Å²) in [6.07, 6.45) is 8.60. The number of hydrogen-bond acceptors (Lipinski definition) is 6. The number of nitro benzene ring substituents is 1. The summed E-state index contributed by atoms with van der Waals surface area (Å²) in [6, 6.07) is 13.8. The number of nitrogens with zero attached hydrogens (tertiary/aromatic N) is 4. The van der Waals surface area contributed by atoms with Crippen LogP contribution in [0, 0.1) is 33.3 Å². The van der Waals surface area contributed by atoms with E-state index in [0.29, 0.717) is 45.0 Å². The number of ether oxygens (including phenoxy) is 1. The van der Waals surface area contributed by atoms with Crippen LogP contribution in [0.5, 0.6) is 0 Å². The molecule has 39 heavy (non-hydrogen) atoms. The predicted octanol–water partition coefficient (Wildman–Crippen LogP) is 5.63. The zero-order valence-corrected chi connectivity index (χ0v) is 22.6. The highest BCUT2D eigenvalue weighted by Gasteiger charge is 2.51. The Balaban J connectivity index is 0.989. The molecule has 0 radical (unpaired) electrons. The van der Waals surface area contributed by atoms with E-state index >= 15 is 0 Å². The second kappa shape index (κ2) is 9.72. The lowest BCUT2D eigenvalue weighted by Gasteiger charge is -2.56. The molecule has 4 aliphatic carbocycles. The van der Waals surface area contributed by atoms with Crippen molar-refractivity contribution >= 4 is 23.2 Å². The minimum absolute atomic E-state index is 0.144. The molecule has 0 atom stereocenters. The monoisotopic (exact) mass is 530 g/mol. The largest absolute Gasteiger partial charge is 0.449 e. The van der Waals surface area contributed by atoms with Gasteiger partial charge < -0.3 is 19.4 Å². The van der Waals surface area contributed by atoms with Gasteiger partial charge in [-0.2, -0.15) is 0 Å². The summed E-state index contributed by atoms with van der Waals surface area (Å²) < 4.78 is 5.96. The number of nitro groups is 1. The van der Waals surface area contributed by atoms with Gasteiger partial charge in [0.05, 0.1) is 11.5 Å². The van der Waals surface area contributed by atoms with E-state index in [1.807, 2.05) is 23.1 Å². The molecule has 2 aliphatic heterocycles. The molecule has 8 nitrogen and oxygen atoms in total. The zero-order chi connectivity index (χ0) is 26.6. The number of carbonyl (C=O) groups excluding carboxylic acids is 1. The maximum atomic E-state index is 13.0. The Bertz CT molecular complexity index is 1240. The average molecular weight is 531 g/mol. The van der Waals surface area contributed by atoms with E-state index in [1.165, 1.54) is 49.7 Å².